The Morgan fingerprint density at radius 2 is 2.03 bits per heavy atom. The van der Waals surface area contributed by atoms with E-state index < -0.39 is 11.7 Å². The van der Waals surface area contributed by atoms with E-state index in [1.54, 1.807) is 48.4 Å². The minimum Gasteiger partial charge on any atom is -0.327 e. The lowest BCUT2D eigenvalue weighted by Crippen LogP contribution is -2.15. The fraction of sp³-hybridized carbons (Fsp3) is 0.208. The van der Waals surface area contributed by atoms with Crippen molar-refractivity contribution < 1.29 is 9.18 Å². The van der Waals surface area contributed by atoms with Crippen molar-refractivity contribution in [1.82, 2.24) is 29.3 Å². The molecule has 0 saturated heterocycles. The summed E-state index contributed by atoms with van der Waals surface area (Å²) in [5, 5.41) is 10.7. The van der Waals surface area contributed by atoms with Crippen LogP contribution in [0, 0.1) is 24.6 Å². The number of aromatic nitrogens is 6. The van der Waals surface area contributed by atoms with Gasteiger partial charge in [0.2, 0.25) is 0 Å². The standard InChI is InChI=1S/C24H22FN7O/c1-15(2)32-14-27-30-23(32)20-6-5-7-21(28-20)29-24(33)18-13-17(16(3)12-19(18)25)8-9-22-26-10-11-31(22)4/h5-7,10-15H,1-4H3,(H,28,29,33). The van der Waals surface area contributed by atoms with Crippen molar-refractivity contribution in [3.05, 3.63) is 77.4 Å². The molecule has 0 bridgehead atoms. The average molecular weight is 443 g/mol. The van der Waals surface area contributed by atoms with Gasteiger partial charge in [-0.15, -0.1) is 10.2 Å². The third-order valence-corrected chi connectivity index (χ3v) is 5.04. The van der Waals surface area contributed by atoms with Crippen molar-refractivity contribution in [2.24, 2.45) is 7.05 Å². The van der Waals surface area contributed by atoms with Gasteiger partial charge in [-0.3, -0.25) is 4.79 Å². The summed E-state index contributed by atoms with van der Waals surface area (Å²) in [6.07, 6.45) is 5.05. The first-order valence-electron chi connectivity index (χ1n) is 10.3. The summed E-state index contributed by atoms with van der Waals surface area (Å²) in [4.78, 5) is 21.5. The molecular formula is C24H22FN7O. The SMILES string of the molecule is Cc1cc(F)c(C(=O)Nc2cccc(-c3nncn3C(C)C)n2)cc1C#Cc1nccn1C. The highest BCUT2D eigenvalue weighted by Gasteiger charge is 2.16. The Morgan fingerprint density at radius 1 is 1.21 bits per heavy atom. The molecule has 0 spiro atoms. The van der Waals surface area contributed by atoms with E-state index in [-0.39, 0.29) is 17.4 Å². The van der Waals surface area contributed by atoms with Gasteiger partial charge < -0.3 is 14.5 Å². The first-order chi connectivity index (χ1) is 15.8. The highest BCUT2D eigenvalue weighted by molar-refractivity contribution is 6.04. The maximum absolute atomic E-state index is 14.6. The van der Waals surface area contributed by atoms with Gasteiger partial charge in [-0.1, -0.05) is 12.0 Å². The largest absolute Gasteiger partial charge is 0.327 e. The van der Waals surface area contributed by atoms with Crippen molar-refractivity contribution in [3.8, 4) is 23.4 Å². The molecule has 0 unspecified atom stereocenters. The summed E-state index contributed by atoms with van der Waals surface area (Å²) < 4.78 is 18.3. The van der Waals surface area contributed by atoms with E-state index in [9.17, 15) is 9.18 Å². The fourth-order valence-electron chi connectivity index (χ4n) is 3.21. The number of anilines is 1. The van der Waals surface area contributed by atoms with Crippen LogP contribution in [0.4, 0.5) is 10.2 Å². The summed E-state index contributed by atoms with van der Waals surface area (Å²) >= 11 is 0. The van der Waals surface area contributed by atoms with Gasteiger partial charge in [0.1, 0.15) is 23.7 Å². The molecular weight excluding hydrogens is 421 g/mol. The first kappa shape index (κ1) is 21.9. The second kappa shape index (κ2) is 9.04. The van der Waals surface area contributed by atoms with Crippen LogP contribution >= 0.6 is 0 Å². The summed E-state index contributed by atoms with van der Waals surface area (Å²) in [6.45, 7) is 5.75. The number of rotatable bonds is 4. The van der Waals surface area contributed by atoms with Crippen molar-refractivity contribution in [1.29, 1.82) is 0 Å². The molecule has 0 fully saturated rings. The molecule has 0 atom stereocenters. The number of hydrogen-bond acceptors (Lipinski definition) is 5. The monoisotopic (exact) mass is 443 g/mol. The lowest BCUT2D eigenvalue weighted by molar-refractivity contribution is 0.102. The Balaban J connectivity index is 1.61. The molecule has 0 aliphatic heterocycles. The van der Waals surface area contributed by atoms with E-state index >= 15 is 0 Å². The van der Waals surface area contributed by atoms with E-state index in [4.69, 9.17) is 0 Å². The number of nitrogens with zero attached hydrogens (tertiary/aromatic N) is 6. The molecule has 1 amide bonds. The Morgan fingerprint density at radius 3 is 2.76 bits per heavy atom. The normalized spacial score (nSPS) is 10.7. The summed E-state index contributed by atoms with van der Waals surface area (Å²) in [6, 6.07) is 8.03. The van der Waals surface area contributed by atoms with Crippen LogP contribution in [0.2, 0.25) is 0 Å². The number of carbonyl (C=O) groups is 1. The van der Waals surface area contributed by atoms with E-state index in [2.05, 4.69) is 37.3 Å². The van der Waals surface area contributed by atoms with Crippen LogP contribution in [0.5, 0.6) is 0 Å². The molecule has 3 aromatic heterocycles. The van der Waals surface area contributed by atoms with Gasteiger partial charge in [-0.25, -0.2) is 14.4 Å². The predicted octanol–water partition coefficient (Wildman–Crippen LogP) is 3.75. The fourth-order valence-corrected chi connectivity index (χ4v) is 3.21. The van der Waals surface area contributed by atoms with E-state index in [1.165, 1.54) is 12.1 Å². The molecule has 4 rings (SSSR count). The van der Waals surface area contributed by atoms with Crippen LogP contribution in [-0.2, 0) is 7.05 Å². The van der Waals surface area contributed by atoms with E-state index in [1.807, 2.05) is 25.5 Å². The lowest BCUT2D eigenvalue weighted by Gasteiger charge is -2.11. The van der Waals surface area contributed by atoms with Crippen LogP contribution in [0.3, 0.4) is 0 Å². The smallest absolute Gasteiger partial charge is 0.259 e. The minimum atomic E-state index is -0.636. The van der Waals surface area contributed by atoms with Crippen LogP contribution in [-0.4, -0.2) is 35.2 Å². The van der Waals surface area contributed by atoms with Gasteiger partial charge in [0.25, 0.3) is 5.91 Å². The van der Waals surface area contributed by atoms with Crippen LogP contribution in [0.15, 0.2) is 49.1 Å². The van der Waals surface area contributed by atoms with Crippen LogP contribution < -0.4 is 5.32 Å². The topological polar surface area (TPSA) is 90.5 Å². The van der Waals surface area contributed by atoms with Gasteiger partial charge in [0, 0.05) is 31.0 Å². The number of halogens is 1. The third-order valence-electron chi connectivity index (χ3n) is 5.04. The Kier molecular flexibility index (Phi) is 6.00. The highest BCUT2D eigenvalue weighted by atomic mass is 19.1. The van der Waals surface area contributed by atoms with Gasteiger partial charge in [0.15, 0.2) is 11.6 Å². The number of nitrogens with one attached hydrogen (secondary N) is 1. The molecule has 0 aliphatic carbocycles. The maximum Gasteiger partial charge on any atom is 0.259 e. The maximum atomic E-state index is 14.6. The van der Waals surface area contributed by atoms with Crippen LogP contribution in [0.25, 0.3) is 11.5 Å². The number of pyridine rings is 1. The first-order valence-corrected chi connectivity index (χ1v) is 10.3. The molecule has 33 heavy (non-hydrogen) atoms. The number of hydrogen-bond donors (Lipinski definition) is 1. The van der Waals surface area contributed by atoms with Gasteiger partial charge in [0.05, 0.1) is 5.56 Å². The zero-order chi connectivity index (χ0) is 23.5. The van der Waals surface area contributed by atoms with E-state index in [0.717, 1.165) is 0 Å². The number of amides is 1. The van der Waals surface area contributed by atoms with Gasteiger partial charge in [-0.2, -0.15) is 0 Å². The zero-order valence-corrected chi connectivity index (χ0v) is 18.7. The molecule has 4 aromatic rings. The molecule has 1 aromatic carbocycles. The number of imidazole rings is 1. The number of benzene rings is 1. The number of aryl methyl sites for hydroxylation is 2. The lowest BCUT2D eigenvalue weighted by atomic mass is 10.0. The molecule has 0 aliphatic rings. The molecule has 8 nitrogen and oxygen atoms in total. The van der Waals surface area contributed by atoms with Crippen molar-refractivity contribution in [2.75, 3.05) is 5.32 Å². The quantitative estimate of drug-likeness (QED) is 0.485. The predicted molar refractivity (Wildman–Crippen MR) is 122 cm³/mol. The number of carbonyl (C=O) groups excluding carboxylic acids is 1. The van der Waals surface area contributed by atoms with Crippen LogP contribution in [0.1, 0.15) is 47.2 Å². The molecule has 3 heterocycles. The Hall–Kier alpha value is -4.32. The Bertz CT molecular complexity index is 1390. The molecule has 1 N–H and O–H groups in total. The average Bonchev–Trinajstić information content (AvgIpc) is 3.42. The summed E-state index contributed by atoms with van der Waals surface area (Å²) in [5.74, 6) is 6.08. The van der Waals surface area contributed by atoms with Crippen molar-refractivity contribution in [3.63, 3.8) is 0 Å². The Labute approximate surface area is 190 Å². The van der Waals surface area contributed by atoms with Gasteiger partial charge in [-0.05, 0) is 56.5 Å². The second-order valence-corrected chi connectivity index (χ2v) is 7.78. The van der Waals surface area contributed by atoms with Gasteiger partial charge >= 0.3 is 0 Å². The molecule has 9 heteroatoms. The minimum absolute atomic E-state index is 0.123. The molecule has 0 saturated carbocycles. The second-order valence-electron chi connectivity index (χ2n) is 7.78. The molecule has 166 valence electrons. The summed E-state index contributed by atoms with van der Waals surface area (Å²) in [5.41, 5.74) is 1.59. The van der Waals surface area contributed by atoms with Crippen molar-refractivity contribution in [2.45, 2.75) is 26.8 Å². The zero-order valence-electron chi connectivity index (χ0n) is 18.7. The third kappa shape index (κ3) is 4.65. The molecule has 0 radical (unpaired) electrons. The van der Waals surface area contributed by atoms with E-state index in [0.29, 0.717) is 28.5 Å². The highest BCUT2D eigenvalue weighted by Crippen LogP contribution is 2.21. The summed E-state index contributed by atoms with van der Waals surface area (Å²) in [7, 11) is 1.83. The van der Waals surface area contributed by atoms with Crippen molar-refractivity contribution >= 4 is 11.7 Å².